The van der Waals surface area contributed by atoms with Crippen LogP contribution in [0.1, 0.15) is 37.3 Å². The van der Waals surface area contributed by atoms with E-state index in [2.05, 4.69) is 34.8 Å². The van der Waals surface area contributed by atoms with Crippen molar-refractivity contribution in [1.82, 2.24) is 24.5 Å². The number of aromatic nitrogens is 2. The van der Waals surface area contributed by atoms with Gasteiger partial charge in [0.2, 0.25) is 0 Å². The Labute approximate surface area is 230 Å². The highest BCUT2D eigenvalue weighted by Gasteiger charge is 2.47. The molecular formula is C27H34F3N5O5. The van der Waals surface area contributed by atoms with Gasteiger partial charge in [-0.2, -0.15) is 18.3 Å². The molecule has 10 nitrogen and oxygen atoms in total. The van der Waals surface area contributed by atoms with E-state index < -0.39 is 17.7 Å². The van der Waals surface area contributed by atoms with Crippen LogP contribution in [-0.2, 0) is 15.1 Å². The molecule has 13 heteroatoms. The van der Waals surface area contributed by atoms with E-state index >= 15 is 0 Å². The molecule has 5 heterocycles. The zero-order valence-corrected chi connectivity index (χ0v) is 22.4. The van der Waals surface area contributed by atoms with E-state index in [-0.39, 0.29) is 6.03 Å². The van der Waals surface area contributed by atoms with Crippen LogP contribution in [0.25, 0.3) is 11.3 Å². The van der Waals surface area contributed by atoms with Crippen molar-refractivity contribution in [1.29, 1.82) is 0 Å². The van der Waals surface area contributed by atoms with E-state index in [1.54, 1.807) is 0 Å². The molecule has 40 heavy (non-hydrogen) atoms. The number of amides is 2. The number of nitrogens with zero attached hydrogens (tertiary/aromatic N) is 5. The number of morpholine rings is 1. The van der Waals surface area contributed by atoms with Crippen molar-refractivity contribution in [2.75, 3.05) is 59.5 Å². The van der Waals surface area contributed by atoms with E-state index in [0.29, 0.717) is 45.4 Å². The van der Waals surface area contributed by atoms with Gasteiger partial charge in [0.1, 0.15) is 11.4 Å². The van der Waals surface area contributed by atoms with Crippen molar-refractivity contribution in [3.63, 3.8) is 0 Å². The number of alkyl halides is 3. The molecule has 2 aromatic rings. The molecule has 4 aliphatic heterocycles. The van der Waals surface area contributed by atoms with Gasteiger partial charge in [0, 0.05) is 50.1 Å². The average molecular weight is 566 g/mol. The van der Waals surface area contributed by atoms with Crippen LogP contribution in [-0.4, -0.2) is 107 Å². The van der Waals surface area contributed by atoms with Gasteiger partial charge in [-0.25, -0.2) is 9.59 Å². The third kappa shape index (κ3) is 5.62. The van der Waals surface area contributed by atoms with Gasteiger partial charge in [-0.3, -0.25) is 4.68 Å². The number of ether oxygens (including phenoxy) is 2. The number of carbonyl (C=O) groups is 2. The summed E-state index contributed by atoms with van der Waals surface area (Å²) in [5.41, 5.74) is 3.13. The molecule has 6 rings (SSSR count). The minimum Gasteiger partial charge on any atom is -0.482 e. The zero-order chi connectivity index (χ0) is 28.5. The van der Waals surface area contributed by atoms with Gasteiger partial charge >= 0.3 is 18.2 Å². The molecule has 2 amide bonds. The number of carboxylic acids is 1. The number of benzene rings is 1. The molecule has 1 aromatic heterocycles. The summed E-state index contributed by atoms with van der Waals surface area (Å²) >= 11 is 0. The fourth-order valence-electron chi connectivity index (χ4n) is 5.88. The number of halogens is 3. The predicted molar refractivity (Wildman–Crippen MR) is 138 cm³/mol. The highest BCUT2D eigenvalue weighted by atomic mass is 19.4. The van der Waals surface area contributed by atoms with Crippen LogP contribution < -0.4 is 4.74 Å². The molecule has 0 unspecified atom stereocenters. The number of fused-ring (bicyclic) bond motifs is 4. The molecule has 4 aliphatic rings. The Hall–Kier alpha value is -3.32. The number of carboxylic acid groups (broad SMARTS) is 1. The molecule has 1 spiro atoms. The molecule has 1 N–H and O–H groups in total. The lowest BCUT2D eigenvalue weighted by atomic mass is 9.81. The summed E-state index contributed by atoms with van der Waals surface area (Å²) in [7, 11) is 2.19. The van der Waals surface area contributed by atoms with E-state index in [0.717, 1.165) is 50.1 Å². The van der Waals surface area contributed by atoms with Gasteiger partial charge in [0.05, 0.1) is 31.1 Å². The van der Waals surface area contributed by atoms with Crippen LogP contribution in [0.4, 0.5) is 18.0 Å². The smallest absolute Gasteiger partial charge is 0.482 e. The molecule has 0 radical (unpaired) electrons. The predicted octanol–water partition coefficient (Wildman–Crippen LogP) is 3.59. The first-order valence-corrected chi connectivity index (χ1v) is 13.6. The van der Waals surface area contributed by atoms with Gasteiger partial charge in [-0.1, -0.05) is 12.1 Å². The lowest BCUT2D eigenvalue weighted by Gasteiger charge is -2.45. The summed E-state index contributed by atoms with van der Waals surface area (Å²) in [5, 5.41) is 12.1. The van der Waals surface area contributed by atoms with Crippen molar-refractivity contribution < 1.29 is 37.3 Å². The van der Waals surface area contributed by atoms with Crippen molar-refractivity contribution in [3.05, 3.63) is 36.0 Å². The SMILES string of the molecule is CN1CCC(n2ncc3c2-c2ccccc2OC32CCN(C(=O)N3CCOCC3)CC2)CC1.O=C(O)C(F)(F)F. The Kier molecular flexibility index (Phi) is 7.96. The second kappa shape index (κ2) is 11.3. The van der Waals surface area contributed by atoms with E-state index in [4.69, 9.17) is 24.5 Å². The molecule has 0 aliphatic carbocycles. The van der Waals surface area contributed by atoms with E-state index in [1.165, 1.54) is 11.3 Å². The van der Waals surface area contributed by atoms with Crippen molar-refractivity contribution in [2.45, 2.75) is 43.5 Å². The number of piperidine rings is 2. The molecule has 0 bridgehead atoms. The topological polar surface area (TPSA) is 100 Å². The number of hydrogen-bond acceptors (Lipinski definition) is 6. The third-order valence-electron chi connectivity index (χ3n) is 8.13. The Morgan fingerprint density at radius 1 is 1.00 bits per heavy atom. The summed E-state index contributed by atoms with van der Waals surface area (Å²) in [4.78, 5) is 28.2. The van der Waals surface area contributed by atoms with Gasteiger partial charge in [-0.15, -0.1) is 0 Å². The minimum atomic E-state index is -5.08. The normalized spacial score (nSPS) is 21.1. The summed E-state index contributed by atoms with van der Waals surface area (Å²) < 4.78 is 46.2. The molecule has 1 aromatic carbocycles. The van der Waals surface area contributed by atoms with E-state index in [9.17, 15) is 18.0 Å². The van der Waals surface area contributed by atoms with Gasteiger partial charge in [0.15, 0.2) is 0 Å². The van der Waals surface area contributed by atoms with Crippen LogP contribution in [0, 0.1) is 0 Å². The first-order chi connectivity index (χ1) is 19.1. The first-order valence-electron chi connectivity index (χ1n) is 13.6. The maximum absolute atomic E-state index is 13.0. The summed E-state index contributed by atoms with van der Waals surface area (Å²) in [6.07, 6.45) is 0.751. The molecule has 3 fully saturated rings. The highest BCUT2D eigenvalue weighted by Crippen LogP contribution is 2.50. The van der Waals surface area contributed by atoms with Crippen LogP contribution in [0.15, 0.2) is 30.5 Å². The second-order valence-electron chi connectivity index (χ2n) is 10.7. The monoisotopic (exact) mass is 565 g/mol. The molecule has 0 atom stereocenters. The molecule has 0 saturated carbocycles. The molecule has 3 saturated heterocycles. The fourth-order valence-corrected chi connectivity index (χ4v) is 5.88. The Bertz CT molecular complexity index is 1210. The van der Waals surface area contributed by atoms with Crippen molar-refractivity contribution >= 4 is 12.0 Å². The lowest BCUT2D eigenvalue weighted by Crippen LogP contribution is -2.54. The van der Waals surface area contributed by atoms with Crippen LogP contribution in [0.2, 0.25) is 0 Å². The number of hydrogen-bond donors (Lipinski definition) is 1. The Balaban J connectivity index is 0.000000411. The number of rotatable bonds is 1. The number of likely N-dealkylation sites (tertiary alicyclic amines) is 2. The maximum Gasteiger partial charge on any atom is 0.490 e. The van der Waals surface area contributed by atoms with Crippen molar-refractivity contribution in [3.8, 4) is 17.0 Å². The summed E-state index contributed by atoms with van der Waals surface area (Å²) in [6, 6.07) is 8.91. The number of para-hydroxylation sites is 1. The fraction of sp³-hybridized carbons (Fsp3) is 0.593. The number of aliphatic carboxylic acids is 1. The van der Waals surface area contributed by atoms with Crippen LogP contribution in [0.5, 0.6) is 5.75 Å². The third-order valence-corrected chi connectivity index (χ3v) is 8.13. The highest BCUT2D eigenvalue weighted by molar-refractivity contribution is 5.76. The minimum absolute atomic E-state index is 0.131. The maximum atomic E-state index is 13.0. The Morgan fingerprint density at radius 3 is 2.23 bits per heavy atom. The quantitative estimate of drug-likeness (QED) is 0.564. The van der Waals surface area contributed by atoms with Crippen molar-refractivity contribution in [2.24, 2.45) is 0 Å². The summed E-state index contributed by atoms with van der Waals surface area (Å²) in [5.74, 6) is -1.82. The zero-order valence-electron chi connectivity index (χ0n) is 22.4. The average Bonchev–Trinajstić information content (AvgIpc) is 3.41. The summed E-state index contributed by atoms with van der Waals surface area (Å²) in [6.45, 7) is 6.19. The van der Waals surface area contributed by atoms with Crippen LogP contribution >= 0.6 is 0 Å². The van der Waals surface area contributed by atoms with Gasteiger partial charge < -0.3 is 29.3 Å². The van der Waals surface area contributed by atoms with Gasteiger partial charge in [-0.05, 0) is 45.1 Å². The second-order valence-corrected chi connectivity index (χ2v) is 10.7. The largest absolute Gasteiger partial charge is 0.490 e. The number of carbonyl (C=O) groups excluding carboxylic acids is 1. The standard InChI is InChI=1S/C25H33N5O3.C2HF3O2/c1-27-10-6-19(7-11-27)30-23-20-4-2-3-5-22(20)33-25(21(23)18-26-30)8-12-28(13-9-25)24(31)29-14-16-32-17-15-29;3-2(4,5)1(6)7/h2-5,18-19H,6-17H2,1H3;(H,6,7). The molecular weight excluding hydrogens is 531 g/mol. The first kappa shape index (κ1) is 28.2. The number of urea groups is 1. The van der Waals surface area contributed by atoms with Gasteiger partial charge in [0.25, 0.3) is 0 Å². The van der Waals surface area contributed by atoms with Crippen LogP contribution in [0.3, 0.4) is 0 Å². The Morgan fingerprint density at radius 2 is 1.60 bits per heavy atom. The molecule has 218 valence electrons. The lowest BCUT2D eigenvalue weighted by molar-refractivity contribution is -0.192. The van der Waals surface area contributed by atoms with E-state index in [1.807, 2.05) is 22.1 Å².